The van der Waals surface area contributed by atoms with Crippen LogP contribution < -0.4 is 11.1 Å². The fourth-order valence-corrected chi connectivity index (χ4v) is 5.47. The van der Waals surface area contributed by atoms with E-state index in [4.69, 9.17) is 5.73 Å². The number of alkyl halides is 3. The molecule has 0 radical (unpaired) electrons. The summed E-state index contributed by atoms with van der Waals surface area (Å²) < 4.78 is 39.4. The van der Waals surface area contributed by atoms with Gasteiger partial charge in [-0.1, -0.05) is 80.6 Å². The quantitative estimate of drug-likeness (QED) is 0.297. The fraction of sp³-hybridized carbons (Fsp3) is 0.438. The molecule has 3 atom stereocenters. The van der Waals surface area contributed by atoms with Gasteiger partial charge in [-0.15, -0.1) is 0 Å². The number of hydrogen-bond donors (Lipinski definition) is 3. The lowest BCUT2D eigenvalue weighted by Gasteiger charge is -2.41. The highest BCUT2D eigenvalue weighted by atomic mass is 19.4. The van der Waals surface area contributed by atoms with Crippen LogP contribution in [0.15, 0.2) is 78.4 Å². The lowest BCUT2D eigenvalue weighted by molar-refractivity contribution is -0.137. The Kier molecular flexibility index (Phi) is 11.3. The van der Waals surface area contributed by atoms with E-state index in [-0.39, 0.29) is 25.4 Å². The van der Waals surface area contributed by atoms with E-state index in [0.29, 0.717) is 30.6 Å². The number of rotatable bonds is 14. The van der Waals surface area contributed by atoms with E-state index in [9.17, 15) is 27.9 Å². The van der Waals surface area contributed by atoms with Crippen LogP contribution in [0.25, 0.3) is 0 Å². The molecular formula is C32H40F3N3O3. The average Bonchev–Trinajstić information content (AvgIpc) is 2.95. The van der Waals surface area contributed by atoms with E-state index in [2.05, 4.69) is 5.32 Å². The summed E-state index contributed by atoms with van der Waals surface area (Å²) in [6, 6.07) is 14.4. The number of halogens is 3. The van der Waals surface area contributed by atoms with Crippen LogP contribution in [0.3, 0.4) is 0 Å². The molecule has 222 valence electrons. The number of primary amides is 1. The van der Waals surface area contributed by atoms with Crippen LogP contribution in [0.5, 0.6) is 0 Å². The van der Waals surface area contributed by atoms with E-state index >= 15 is 0 Å². The molecule has 0 saturated carbocycles. The molecule has 2 aromatic rings. The van der Waals surface area contributed by atoms with E-state index in [1.807, 2.05) is 44.2 Å². The summed E-state index contributed by atoms with van der Waals surface area (Å²) in [6.07, 6.45) is 1.43. The highest BCUT2D eigenvalue weighted by Crippen LogP contribution is 2.43. The average molecular weight is 572 g/mol. The third-order valence-electron chi connectivity index (χ3n) is 7.54. The Morgan fingerprint density at radius 1 is 1.05 bits per heavy atom. The van der Waals surface area contributed by atoms with E-state index in [1.54, 1.807) is 29.2 Å². The minimum atomic E-state index is -4.45. The normalized spacial score (nSPS) is 18.4. The topological polar surface area (TPSA) is 95.7 Å². The van der Waals surface area contributed by atoms with Gasteiger partial charge in [-0.25, -0.2) is 0 Å². The summed E-state index contributed by atoms with van der Waals surface area (Å²) in [6.45, 7) is 5.26. The Morgan fingerprint density at radius 2 is 1.71 bits per heavy atom. The molecule has 0 saturated heterocycles. The van der Waals surface area contributed by atoms with E-state index in [0.717, 1.165) is 30.5 Å². The SMILES string of the molecule is CCCN(CCC)C(=O)C1=CC=CC(C(N)=O)([C@H](Cc2ccccc2)[C@@H](O)CNCc2cccc(C(F)(F)F)c2)C1. The molecule has 0 fully saturated rings. The molecule has 2 aromatic carbocycles. The van der Waals surface area contributed by atoms with Crippen LogP contribution in [0.2, 0.25) is 0 Å². The smallest absolute Gasteiger partial charge is 0.391 e. The predicted octanol–water partition coefficient (Wildman–Crippen LogP) is 5.02. The lowest BCUT2D eigenvalue weighted by Crippen LogP contribution is -2.51. The van der Waals surface area contributed by atoms with Crippen molar-refractivity contribution in [1.29, 1.82) is 0 Å². The molecule has 1 aliphatic rings. The highest BCUT2D eigenvalue weighted by molar-refractivity contribution is 5.96. The Morgan fingerprint density at radius 3 is 2.32 bits per heavy atom. The van der Waals surface area contributed by atoms with Crippen LogP contribution in [0, 0.1) is 11.3 Å². The number of nitrogens with one attached hydrogen (secondary N) is 1. The summed E-state index contributed by atoms with van der Waals surface area (Å²) in [5, 5.41) is 14.5. The summed E-state index contributed by atoms with van der Waals surface area (Å²) in [4.78, 5) is 28.5. The maximum Gasteiger partial charge on any atom is 0.416 e. The van der Waals surface area contributed by atoms with Crippen molar-refractivity contribution < 1.29 is 27.9 Å². The zero-order valence-corrected chi connectivity index (χ0v) is 23.7. The monoisotopic (exact) mass is 571 g/mol. The number of allylic oxidation sites excluding steroid dienone is 2. The first-order chi connectivity index (χ1) is 19.5. The van der Waals surface area contributed by atoms with Crippen LogP contribution in [0.4, 0.5) is 13.2 Å². The molecule has 9 heteroatoms. The van der Waals surface area contributed by atoms with Gasteiger partial charge in [0.2, 0.25) is 11.8 Å². The number of aliphatic hydroxyl groups excluding tert-OH is 1. The number of benzene rings is 2. The summed E-state index contributed by atoms with van der Waals surface area (Å²) in [7, 11) is 0. The van der Waals surface area contributed by atoms with Crippen molar-refractivity contribution in [2.45, 2.75) is 58.4 Å². The molecule has 1 aliphatic carbocycles. The van der Waals surface area contributed by atoms with Gasteiger partial charge in [0.05, 0.1) is 17.1 Å². The van der Waals surface area contributed by atoms with E-state index < -0.39 is 35.1 Å². The summed E-state index contributed by atoms with van der Waals surface area (Å²) >= 11 is 0. The second kappa shape index (κ2) is 14.5. The Labute approximate surface area is 240 Å². The zero-order valence-electron chi connectivity index (χ0n) is 23.7. The van der Waals surface area contributed by atoms with Crippen molar-refractivity contribution in [2.75, 3.05) is 19.6 Å². The predicted molar refractivity (Wildman–Crippen MR) is 153 cm³/mol. The van der Waals surface area contributed by atoms with Crippen LogP contribution in [-0.4, -0.2) is 47.6 Å². The molecule has 0 spiro atoms. The molecule has 2 amide bonds. The van der Waals surface area contributed by atoms with Gasteiger partial charge in [0, 0.05) is 37.7 Å². The summed E-state index contributed by atoms with van der Waals surface area (Å²) in [5.74, 6) is -1.52. The maximum absolute atomic E-state index is 13.5. The van der Waals surface area contributed by atoms with Crippen molar-refractivity contribution in [3.8, 4) is 0 Å². The third-order valence-corrected chi connectivity index (χ3v) is 7.54. The number of carbonyl (C=O) groups is 2. The van der Waals surface area contributed by atoms with Gasteiger partial charge in [-0.2, -0.15) is 13.2 Å². The zero-order chi connectivity index (χ0) is 30.0. The molecule has 1 unspecified atom stereocenters. The number of nitrogens with zero attached hydrogens (tertiary/aromatic N) is 1. The number of nitrogens with two attached hydrogens (primary N) is 1. The maximum atomic E-state index is 13.5. The fourth-order valence-electron chi connectivity index (χ4n) is 5.47. The van der Waals surface area contributed by atoms with Crippen molar-refractivity contribution >= 4 is 11.8 Å². The minimum Gasteiger partial charge on any atom is -0.391 e. The molecule has 41 heavy (non-hydrogen) atoms. The number of aliphatic hydroxyl groups is 1. The molecule has 6 nitrogen and oxygen atoms in total. The first kappa shape index (κ1) is 32.1. The second-order valence-corrected chi connectivity index (χ2v) is 10.6. The van der Waals surface area contributed by atoms with Crippen molar-refractivity contribution in [1.82, 2.24) is 10.2 Å². The van der Waals surface area contributed by atoms with Gasteiger partial charge in [0.1, 0.15) is 0 Å². The molecule has 0 aromatic heterocycles. The van der Waals surface area contributed by atoms with Crippen LogP contribution in [0.1, 0.15) is 49.8 Å². The largest absolute Gasteiger partial charge is 0.416 e. The number of hydrogen-bond acceptors (Lipinski definition) is 4. The van der Waals surface area contributed by atoms with Gasteiger partial charge in [0.25, 0.3) is 0 Å². The van der Waals surface area contributed by atoms with Crippen molar-refractivity contribution in [3.05, 3.63) is 95.1 Å². The number of amides is 2. The Balaban J connectivity index is 1.87. The second-order valence-electron chi connectivity index (χ2n) is 10.6. The van der Waals surface area contributed by atoms with Gasteiger partial charge in [-0.05, 0) is 42.9 Å². The third kappa shape index (κ3) is 8.30. The van der Waals surface area contributed by atoms with Crippen molar-refractivity contribution in [3.63, 3.8) is 0 Å². The first-order valence-corrected chi connectivity index (χ1v) is 14.1. The van der Waals surface area contributed by atoms with Gasteiger partial charge >= 0.3 is 6.18 Å². The van der Waals surface area contributed by atoms with Gasteiger partial charge < -0.3 is 21.1 Å². The van der Waals surface area contributed by atoms with Gasteiger partial charge in [0.15, 0.2) is 0 Å². The van der Waals surface area contributed by atoms with Crippen LogP contribution in [-0.2, 0) is 28.7 Å². The molecule has 4 N–H and O–H groups in total. The Bertz CT molecular complexity index is 1220. The molecule has 0 bridgehead atoms. The molecule has 3 rings (SSSR count). The molecule has 0 aliphatic heterocycles. The summed E-state index contributed by atoms with van der Waals surface area (Å²) in [5.41, 5.74) is 5.70. The van der Waals surface area contributed by atoms with Crippen molar-refractivity contribution in [2.24, 2.45) is 17.1 Å². The standard InChI is InChI=1S/C32H40F3N3O3/c1-3-16-38(17-4-2)29(40)25-13-9-15-31(20-25,30(36)41)27(19-23-10-6-5-7-11-23)28(39)22-37-21-24-12-8-14-26(18-24)32(33,34)35/h5-15,18,27-28,37,39H,3-4,16-17,19-22H2,1-2H3,(H2,36,41)/t27-,28+,31?/m1/s1. The Hall–Kier alpha value is -3.43. The van der Waals surface area contributed by atoms with Crippen LogP contribution >= 0.6 is 0 Å². The molecular weight excluding hydrogens is 531 g/mol. The lowest BCUT2D eigenvalue weighted by atomic mass is 9.64. The molecule has 0 heterocycles. The highest BCUT2D eigenvalue weighted by Gasteiger charge is 2.47. The first-order valence-electron chi connectivity index (χ1n) is 14.1. The van der Waals surface area contributed by atoms with E-state index in [1.165, 1.54) is 6.07 Å². The minimum absolute atomic E-state index is 0.00139. The van der Waals surface area contributed by atoms with Gasteiger partial charge in [-0.3, -0.25) is 9.59 Å². The number of carbonyl (C=O) groups excluding carboxylic acids is 2.